The van der Waals surface area contributed by atoms with Crippen molar-refractivity contribution in [3.8, 4) is 5.75 Å². The van der Waals surface area contributed by atoms with Crippen molar-refractivity contribution in [3.05, 3.63) is 22.5 Å². The van der Waals surface area contributed by atoms with Crippen LogP contribution in [-0.2, 0) is 22.1 Å². The van der Waals surface area contributed by atoms with Gasteiger partial charge in [-0.15, -0.1) is 0 Å². The Labute approximate surface area is 150 Å². The van der Waals surface area contributed by atoms with Gasteiger partial charge in [0.2, 0.25) is 0 Å². The van der Waals surface area contributed by atoms with Gasteiger partial charge in [-0.3, -0.25) is 0 Å². The van der Waals surface area contributed by atoms with Crippen molar-refractivity contribution in [1.82, 2.24) is 9.71 Å². The summed E-state index contributed by atoms with van der Waals surface area (Å²) in [4.78, 5) is 4.22. The van der Waals surface area contributed by atoms with Crippen LogP contribution in [0.2, 0.25) is 5.15 Å². The fourth-order valence-electron chi connectivity index (χ4n) is 2.43. The minimum Gasteiger partial charge on any atom is -0.488 e. The topological polar surface area (TPSA) is 97.5 Å². The lowest BCUT2D eigenvalue weighted by Crippen LogP contribution is -2.49. The molecule has 1 aliphatic heterocycles. The third-order valence-electron chi connectivity index (χ3n) is 4.31. The van der Waals surface area contributed by atoms with E-state index in [2.05, 4.69) is 9.71 Å². The number of fused-ring (bicyclic) bond motifs is 1. The van der Waals surface area contributed by atoms with Gasteiger partial charge in [0.1, 0.15) is 12.2 Å². The highest BCUT2D eigenvalue weighted by molar-refractivity contribution is 7.84. The Morgan fingerprint density at radius 2 is 2.12 bits per heavy atom. The zero-order valence-electron chi connectivity index (χ0n) is 14.8. The van der Waals surface area contributed by atoms with Crippen LogP contribution in [0.3, 0.4) is 0 Å². The summed E-state index contributed by atoms with van der Waals surface area (Å²) in [6.45, 7) is 9.59. The maximum atomic E-state index is 12.6. The second-order valence-electron chi connectivity index (χ2n) is 7.36. The monoisotopic (exact) mass is 375 g/mol. The quantitative estimate of drug-likeness (QED) is 0.683. The summed E-state index contributed by atoms with van der Waals surface area (Å²) in [7, 11) is -1.29. The smallest absolute Gasteiger partial charge is 0.171 e. The average Bonchev–Trinajstić information content (AvgIpc) is 2.86. The molecule has 1 aromatic rings. The van der Waals surface area contributed by atoms with Gasteiger partial charge in [0.05, 0.1) is 27.0 Å². The molecule has 1 unspecified atom stereocenters. The first-order valence-electron chi connectivity index (χ1n) is 7.93. The Hall–Kier alpha value is -0.730. The largest absolute Gasteiger partial charge is 0.488 e. The number of nitrogens with one attached hydrogen (secondary N) is 1. The Balaban J connectivity index is 2.54. The molecule has 8 heteroatoms. The minimum atomic E-state index is -1.30. The fraction of sp³-hybridized carbons (Fsp3) is 0.688. The van der Waals surface area contributed by atoms with E-state index in [0.29, 0.717) is 24.5 Å². The lowest BCUT2D eigenvalue weighted by molar-refractivity contribution is 0.0620. The van der Waals surface area contributed by atoms with Crippen LogP contribution in [0.15, 0.2) is 6.07 Å². The van der Waals surface area contributed by atoms with Gasteiger partial charge < -0.3 is 15.6 Å². The van der Waals surface area contributed by atoms with Crippen LogP contribution in [0, 0.1) is 0 Å². The predicted octanol–water partition coefficient (Wildman–Crippen LogP) is 1.95. The molecule has 0 aromatic carbocycles. The van der Waals surface area contributed by atoms with Gasteiger partial charge in [0.25, 0.3) is 0 Å². The molecule has 0 saturated carbocycles. The number of hydrogen-bond donors (Lipinski definition) is 3. The van der Waals surface area contributed by atoms with Crippen molar-refractivity contribution in [2.45, 2.75) is 56.9 Å². The van der Waals surface area contributed by atoms with Gasteiger partial charge in [-0.1, -0.05) is 18.5 Å². The highest BCUT2D eigenvalue weighted by Crippen LogP contribution is 2.44. The number of pyridine rings is 1. The average molecular weight is 376 g/mol. The van der Waals surface area contributed by atoms with Crippen LogP contribution >= 0.6 is 11.6 Å². The molecular weight excluding hydrogens is 350 g/mol. The van der Waals surface area contributed by atoms with Crippen LogP contribution < -0.4 is 15.2 Å². The second-order valence-corrected chi connectivity index (χ2v) is 9.68. The third-order valence-corrected chi connectivity index (χ3v) is 6.25. The number of halogens is 1. The number of rotatable bonds is 5. The summed E-state index contributed by atoms with van der Waals surface area (Å²) < 4.78 is 21.2. The molecule has 136 valence electrons. The Bertz CT molecular complexity index is 661. The number of ether oxygens (including phenoxy) is 1. The van der Waals surface area contributed by atoms with E-state index in [1.165, 1.54) is 0 Å². The van der Waals surface area contributed by atoms with Crippen molar-refractivity contribution < 1.29 is 14.1 Å². The number of nitrogens with zero attached hydrogens (tertiary/aromatic N) is 1. The summed E-state index contributed by atoms with van der Waals surface area (Å²) >= 11 is 6.26. The Morgan fingerprint density at radius 1 is 1.50 bits per heavy atom. The molecule has 0 aliphatic carbocycles. The van der Waals surface area contributed by atoms with E-state index in [-0.39, 0.29) is 11.7 Å². The number of hydrogen-bond acceptors (Lipinski definition) is 5. The third kappa shape index (κ3) is 3.46. The first kappa shape index (κ1) is 19.6. The predicted molar refractivity (Wildman–Crippen MR) is 96.4 cm³/mol. The number of aliphatic hydroxyl groups is 1. The molecule has 0 spiro atoms. The molecule has 0 fully saturated rings. The number of nitrogens with two attached hydrogens (primary N) is 1. The van der Waals surface area contributed by atoms with Crippen molar-refractivity contribution in [1.29, 1.82) is 0 Å². The lowest BCUT2D eigenvalue weighted by Gasteiger charge is -2.32. The van der Waals surface area contributed by atoms with Crippen LogP contribution in [0.1, 0.15) is 52.3 Å². The van der Waals surface area contributed by atoms with Crippen LogP contribution in [-0.4, -0.2) is 32.2 Å². The van der Waals surface area contributed by atoms with E-state index >= 15 is 0 Å². The van der Waals surface area contributed by atoms with Gasteiger partial charge in [-0.05, 0) is 40.2 Å². The molecule has 0 amide bonds. The molecule has 0 saturated heterocycles. The van der Waals surface area contributed by atoms with Gasteiger partial charge in [0, 0.05) is 12.1 Å². The van der Waals surface area contributed by atoms with E-state index in [0.717, 1.165) is 5.56 Å². The first-order chi connectivity index (χ1) is 11.0. The van der Waals surface area contributed by atoms with Crippen LogP contribution in [0.25, 0.3) is 0 Å². The summed E-state index contributed by atoms with van der Waals surface area (Å²) in [5.41, 5.74) is 4.82. The lowest BCUT2D eigenvalue weighted by atomic mass is 9.89. The van der Waals surface area contributed by atoms with Crippen molar-refractivity contribution in [2.24, 2.45) is 5.73 Å². The highest BCUT2D eigenvalue weighted by Gasteiger charge is 2.44. The standard InChI is InChI=1S/C16H26ClN3O3S/c1-6-16(20-24(22)14(2,3)4)9-23-12-10(16)7-11(19-13(12)17)15(5,21)8-18/h7,20-21H,6,8-9,18H2,1-5H3/t15-,16-,24?/m0/s1. The minimum absolute atomic E-state index is 0.0104. The van der Waals surface area contributed by atoms with Crippen LogP contribution in [0.5, 0.6) is 5.75 Å². The van der Waals surface area contributed by atoms with Crippen LogP contribution in [0.4, 0.5) is 0 Å². The molecule has 24 heavy (non-hydrogen) atoms. The van der Waals surface area contributed by atoms with E-state index in [4.69, 9.17) is 22.1 Å². The zero-order chi connectivity index (χ0) is 18.3. The normalized spacial score (nSPS) is 24.2. The van der Waals surface area contributed by atoms with Gasteiger partial charge in [-0.2, -0.15) is 0 Å². The Morgan fingerprint density at radius 3 is 2.62 bits per heavy atom. The molecule has 6 nitrogen and oxygen atoms in total. The maximum Gasteiger partial charge on any atom is 0.171 e. The van der Waals surface area contributed by atoms with E-state index in [1.54, 1.807) is 13.0 Å². The van der Waals surface area contributed by atoms with Gasteiger partial charge >= 0.3 is 0 Å². The summed E-state index contributed by atoms with van der Waals surface area (Å²) in [5, 5.41) is 10.6. The zero-order valence-corrected chi connectivity index (χ0v) is 16.3. The Kier molecular flexibility index (Phi) is 5.33. The van der Waals surface area contributed by atoms with Crippen molar-refractivity contribution >= 4 is 22.6 Å². The fourth-order valence-corrected chi connectivity index (χ4v) is 3.65. The molecule has 3 atom stereocenters. The molecule has 2 rings (SSSR count). The van der Waals surface area contributed by atoms with E-state index in [9.17, 15) is 9.32 Å². The van der Waals surface area contributed by atoms with Crippen molar-refractivity contribution in [2.75, 3.05) is 13.2 Å². The molecule has 1 aromatic heterocycles. The molecule has 1 aliphatic rings. The molecule has 0 bridgehead atoms. The van der Waals surface area contributed by atoms with E-state index < -0.39 is 26.9 Å². The van der Waals surface area contributed by atoms with Gasteiger partial charge in [-0.25, -0.2) is 13.9 Å². The van der Waals surface area contributed by atoms with Gasteiger partial charge in [0.15, 0.2) is 10.9 Å². The van der Waals surface area contributed by atoms with E-state index in [1.807, 2.05) is 27.7 Å². The summed E-state index contributed by atoms with van der Waals surface area (Å²) in [5.74, 6) is 0.466. The molecule has 2 heterocycles. The first-order valence-corrected chi connectivity index (χ1v) is 9.46. The summed E-state index contributed by atoms with van der Waals surface area (Å²) in [6.07, 6.45) is 0.645. The van der Waals surface area contributed by atoms with Crippen molar-refractivity contribution in [3.63, 3.8) is 0 Å². The molecular formula is C16H26ClN3O3S. The molecule has 4 N–H and O–H groups in total. The number of aromatic nitrogens is 1. The second kappa shape index (κ2) is 6.53. The SMILES string of the molecule is CC[C@]1(NS(=O)C(C)(C)C)COc2c1cc([C@@](C)(O)CN)nc2Cl. The molecule has 0 radical (unpaired) electrons. The summed E-state index contributed by atoms with van der Waals surface area (Å²) in [6, 6.07) is 1.75. The highest BCUT2D eigenvalue weighted by atomic mass is 35.5. The maximum absolute atomic E-state index is 12.6.